The van der Waals surface area contributed by atoms with Crippen LogP contribution in [0.2, 0.25) is 0 Å². The Hall–Kier alpha value is -2.65. The van der Waals surface area contributed by atoms with Gasteiger partial charge in [0.1, 0.15) is 5.75 Å². The first-order valence-electron chi connectivity index (χ1n) is 8.93. The molecule has 2 aromatic carbocycles. The molecule has 0 aliphatic carbocycles. The summed E-state index contributed by atoms with van der Waals surface area (Å²) in [6.07, 6.45) is 0. The van der Waals surface area contributed by atoms with Crippen LogP contribution in [0.5, 0.6) is 5.75 Å². The lowest BCUT2D eigenvalue weighted by Gasteiger charge is -2.36. The van der Waals surface area contributed by atoms with Gasteiger partial charge in [0.15, 0.2) is 0 Å². The summed E-state index contributed by atoms with van der Waals surface area (Å²) in [5.74, 6) is 2.25. The van der Waals surface area contributed by atoms with Crippen molar-refractivity contribution >= 4 is 23.4 Å². The lowest BCUT2D eigenvalue weighted by Crippen LogP contribution is -2.49. The molecular weight excluding hydrogens is 358 g/mol. The lowest BCUT2D eigenvalue weighted by molar-refractivity contribution is -0.128. The molecule has 0 radical (unpaired) electrons. The molecule has 2 aromatic rings. The topological polar surface area (TPSA) is 56.6 Å². The molecular formula is C21H23N3O2S. The largest absolute Gasteiger partial charge is 0.497 e. The van der Waals surface area contributed by atoms with E-state index in [1.165, 1.54) is 0 Å². The number of nitriles is 1. The molecule has 1 aliphatic rings. The molecule has 1 saturated heterocycles. The van der Waals surface area contributed by atoms with Crippen molar-refractivity contribution in [2.75, 3.05) is 43.9 Å². The summed E-state index contributed by atoms with van der Waals surface area (Å²) in [6.45, 7) is 3.17. The third-order valence-corrected chi connectivity index (χ3v) is 5.61. The zero-order valence-electron chi connectivity index (χ0n) is 15.4. The first-order valence-corrected chi connectivity index (χ1v) is 10.1. The number of amides is 1. The maximum atomic E-state index is 12.5. The van der Waals surface area contributed by atoms with Crippen LogP contribution < -0.4 is 9.64 Å². The molecule has 27 heavy (non-hydrogen) atoms. The van der Waals surface area contributed by atoms with Crippen molar-refractivity contribution in [2.24, 2.45) is 0 Å². The lowest BCUT2D eigenvalue weighted by atomic mass is 10.2. The molecule has 1 aliphatic heterocycles. The SMILES string of the molecule is COc1ccc(N2CCN(C(=O)CSCc3cccc(C#N)c3)CC2)cc1. The average molecular weight is 382 g/mol. The van der Waals surface area contributed by atoms with Gasteiger partial charge >= 0.3 is 0 Å². The van der Waals surface area contributed by atoms with Gasteiger partial charge in [0.25, 0.3) is 0 Å². The summed E-state index contributed by atoms with van der Waals surface area (Å²) in [5.41, 5.74) is 2.90. The first kappa shape index (κ1) is 19.1. The highest BCUT2D eigenvalue weighted by Gasteiger charge is 2.21. The molecule has 140 valence electrons. The summed E-state index contributed by atoms with van der Waals surface area (Å²) in [7, 11) is 1.66. The van der Waals surface area contributed by atoms with Crippen molar-refractivity contribution < 1.29 is 9.53 Å². The van der Waals surface area contributed by atoms with Gasteiger partial charge in [0, 0.05) is 37.6 Å². The normalized spacial score (nSPS) is 13.9. The molecule has 0 saturated carbocycles. The van der Waals surface area contributed by atoms with Gasteiger partial charge in [0.05, 0.1) is 24.5 Å². The number of methoxy groups -OCH3 is 1. The third-order valence-electron chi connectivity index (χ3n) is 4.62. The zero-order valence-corrected chi connectivity index (χ0v) is 16.2. The average Bonchev–Trinajstić information content (AvgIpc) is 2.74. The Morgan fingerprint density at radius 2 is 1.89 bits per heavy atom. The second-order valence-corrected chi connectivity index (χ2v) is 7.36. The van der Waals surface area contributed by atoms with Crippen LogP contribution in [0.1, 0.15) is 11.1 Å². The van der Waals surface area contributed by atoms with Gasteiger partial charge in [-0.25, -0.2) is 0 Å². The van der Waals surface area contributed by atoms with E-state index < -0.39 is 0 Å². The maximum absolute atomic E-state index is 12.5. The van der Waals surface area contributed by atoms with E-state index in [2.05, 4.69) is 23.1 Å². The fourth-order valence-corrected chi connectivity index (χ4v) is 3.96. The molecule has 0 atom stereocenters. The Kier molecular flexibility index (Phi) is 6.61. The third kappa shape index (κ3) is 5.18. The van der Waals surface area contributed by atoms with Crippen LogP contribution in [0, 0.1) is 11.3 Å². The first-order chi connectivity index (χ1) is 13.2. The second kappa shape index (κ2) is 9.33. The Morgan fingerprint density at radius 1 is 1.15 bits per heavy atom. The van der Waals surface area contributed by atoms with Crippen molar-refractivity contribution in [3.05, 3.63) is 59.7 Å². The summed E-state index contributed by atoms with van der Waals surface area (Å²) < 4.78 is 5.20. The molecule has 0 bridgehead atoms. The van der Waals surface area contributed by atoms with E-state index in [4.69, 9.17) is 10.00 Å². The minimum Gasteiger partial charge on any atom is -0.497 e. The van der Waals surface area contributed by atoms with Gasteiger partial charge in [-0.2, -0.15) is 5.26 Å². The minimum absolute atomic E-state index is 0.186. The highest BCUT2D eigenvalue weighted by atomic mass is 32.2. The Morgan fingerprint density at radius 3 is 2.56 bits per heavy atom. The van der Waals surface area contributed by atoms with Gasteiger partial charge in [0.2, 0.25) is 5.91 Å². The standard InChI is InChI=1S/C21H23N3O2S/c1-26-20-7-5-19(6-8-20)23-9-11-24(12-10-23)21(25)16-27-15-18-4-2-3-17(13-18)14-22/h2-8,13H,9-12,15-16H2,1H3. The van der Waals surface area contributed by atoms with Crippen molar-refractivity contribution in [1.82, 2.24) is 4.90 Å². The molecule has 0 unspecified atom stereocenters. The van der Waals surface area contributed by atoms with E-state index in [1.54, 1.807) is 24.9 Å². The number of rotatable bonds is 6. The quantitative estimate of drug-likeness (QED) is 0.769. The number of hydrogen-bond donors (Lipinski definition) is 0. The van der Waals surface area contributed by atoms with E-state index in [9.17, 15) is 4.79 Å². The number of nitrogens with zero attached hydrogens (tertiary/aromatic N) is 3. The summed E-state index contributed by atoms with van der Waals surface area (Å²) in [6, 6.07) is 17.7. The van der Waals surface area contributed by atoms with Crippen LogP contribution in [0.15, 0.2) is 48.5 Å². The molecule has 0 spiro atoms. The number of thioether (sulfide) groups is 1. The molecule has 1 fully saturated rings. The van der Waals surface area contributed by atoms with Crippen molar-refractivity contribution in [2.45, 2.75) is 5.75 Å². The van der Waals surface area contributed by atoms with Crippen molar-refractivity contribution in [1.29, 1.82) is 5.26 Å². The number of carbonyl (C=O) groups excluding carboxylic acids is 1. The number of piperazine rings is 1. The number of anilines is 1. The smallest absolute Gasteiger partial charge is 0.232 e. The van der Waals surface area contributed by atoms with Crippen molar-refractivity contribution in [3.8, 4) is 11.8 Å². The fraction of sp³-hybridized carbons (Fsp3) is 0.333. The van der Waals surface area contributed by atoms with Crippen LogP contribution in [-0.4, -0.2) is 49.8 Å². The molecule has 1 heterocycles. The van der Waals surface area contributed by atoms with Crippen LogP contribution in [0.3, 0.4) is 0 Å². The maximum Gasteiger partial charge on any atom is 0.232 e. The number of benzene rings is 2. The molecule has 0 N–H and O–H groups in total. The van der Waals surface area contributed by atoms with E-state index in [-0.39, 0.29) is 5.91 Å². The van der Waals surface area contributed by atoms with Gasteiger partial charge < -0.3 is 14.5 Å². The molecule has 0 aromatic heterocycles. The Bertz CT molecular complexity index is 809. The van der Waals surface area contributed by atoms with E-state index in [0.29, 0.717) is 11.3 Å². The van der Waals surface area contributed by atoms with E-state index in [0.717, 1.165) is 48.9 Å². The predicted molar refractivity (Wildman–Crippen MR) is 109 cm³/mol. The molecule has 1 amide bonds. The number of hydrogen-bond acceptors (Lipinski definition) is 5. The van der Waals surface area contributed by atoms with Gasteiger partial charge in [-0.3, -0.25) is 4.79 Å². The van der Waals surface area contributed by atoms with Crippen LogP contribution >= 0.6 is 11.8 Å². The summed E-state index contributed by atoms with van der Waals surface area (Å²) in [5, 5.41) is 8.95. The number of carbonyl (C=O) groups is 1. The molecule has 3 rings (SSSR count). The Balaban J connectivity index is 1.43. The predicted octanol–water partition coefficient (Wildman–Crippen LogP) is 3.15. The second-order valence-electron chi connectivity index (χ2n) is 6.37. The van der Waals surface area contributed by atoms with Crippen LogP contribution in [0.25, 0.3) is 0 Å². The van der Waals surface area contributed by atoms with E-state index >= 15 is 0 Å². The van der Waals surface area contributed by atoms with Crippen LogP contribution in [-0.2, 0) is 10.5 Å². The fourth-order valence-electron chi connectivity index (χ4n) is 3.09. The van der Waals surface area contributed by atoms with Gasteiger partial charge in [-0.15, -0.1) is 11.8 Å². The summed E-state index contributed by atoms with van der Waals surface area (Å²) >= 11 is 1.60. The highest BCUT2D eigenvalue weighted by Crippen LogP contribution is 2.21. The zero-order chi connectivity index (χ0) is 19.1. The highest BCUT2D eigenvalue weighted by molar-refractivity contribution is 7.99. The molecule has 6 heteroatoms. The Labute approximate surface area is 164 Å². The van der Waals surface area contributed by atoms with Crippen LogP contribution in [0.4, 0.5) is 5.69 Å². The molecule has 5 nitrogen and oxygen atoms in total. The number of ether oxygens (including phenoxy) is 1. The summed E-state index contributed by atoms with van der Waals surface area (Å²) in [4.78, 5) is 16.7. The monoisotopic (exact) mass is 381 g/mol. The minimum atomic E-state index is 0.186. The van der Waals surface area contributed by atoms with Gasteiger partial charge in [-0.05, 0) is 42.0 Å². The van der Waals surface area contributed by atoms with E-state index in [1.807, 2.05) is 35.2 Å². The van der Waals surface area contributed by atoms with Gasteiger partial charge in [-0.1, -0.05) is 12.1 Å². The van der Waals surface area contributed by atoms with Crippen molar-refractivity contribution in [3.63, 3.8) is 0 Å².